The third-order valence-corrected chi connectivity index (χ3v) is 5.00. The van der Waals surface area contributed by atoms with Gasteiger partial charge >= 0.3 is 11.9 Å². The summed E-state index contributed by atoms with van der Waals surface area (Å²) in [6.45, 7) is 5.03. The Labute approximate surface area is 209 Å². The summed E-state index contributed by atoms with van der Waals surface area (Å²) >= 11 is 0. The minimum atomic E-state index is -1.47. The summed E-state index contributed by atoms with van der Waals surface area (Å²) in [5, 5.41) is 34.9. The number of aliphatic hydroxyl groups excluding tert-OH is 1. The summed E-state index contributed by atoms with van der Waals surface area (Å²) in [6.07, 6.45) is -1.55. The first-order valence-electron chi connectivity index (χ1n) is 11.5. The van der Waals surface area contributed by atoms with Crippen molar-refractivity contribution in [2.45, 2.75) is 83.1 Å². The lowest BCUT2D eigenvalue weighted by Gasteiger charge is -2.26. The Kier molecular flexibility index (Phi) is 14.7. The quantitative estimate of drug-likeness (QED) is 0.0539. The molecule has 0 aromatic heterocycles. The molecule has 15 nitrogen and oxygen atoms in total. The van der Waals surface area contributed by atoms with Gasteiger partial charge in [0.2, 0.25) is 17.7 Å². The summed E-state index contributed by atoms with van der Waals surface area (Å²) in [7, 11) is 0. The largest absolute Gasteiger partial charge is 0.481 e. The predicted octanol–water partition coefficient (Wildman–Crippen LogP) is -2.80. The molecule has 0 aromatic carbocycles. The molecular formula is C21H39N7O8. The van der Waals surface area contributed by atoms with E-state index in [-0.39, 0.29) is 44.1 Å². The maximum Gasteiger partial charge on any atom is 0.326 e. The Morgan fingerprint density at radius 2 is 1.36 bits per heavy atom. The van der Waals surface area contributed by atoms with Crippen molar-refractivity contribution in [3.63, 3.8) is 0 Å². The molecule has 0 heterocycles. The van der Waals surface area contributed by atoms with Gasteiger partial charge in [-0.15, -0.1) is 0 Å². The minimum absolute atomic E-state index is 0.0628. The second kappa shape index (κ2) is 16.3. The van der Waals surface area contributed by atoms with Gasteiger partial charge < -0.3 is 48.5 Å². The number of guanidine groups is 1. The number of rotatable bonds is 17. The van der Waals surface area contributed by atoms with E-state index in [1.807, 2.05) is 0 Å². The standard InChI is InChI=1S/C21H39N7O8/c1-10(2)9-14(18(33)27-13(20(35)36)6-7-15(30)31)28-17(32)12(5-4-8-25-21(23)24)26-19(34)16(22)11(3)29/h10-14,16,29H,4-9,22H2,1-3H3,(H,26,34)(H,27,33)(H,28,32)(H,30,31)(H,35,36)(H4,23,24,25). The number of aliphatic imine (C=N–C) groups is 1. The molecule has 0 fully saturated rings. The van der Waals surface area contributed by atoms with Gasteiger partial charge in [0.1, 0.15) is 24.2 Å². The lowest BCUT2D eigenvalue weighted by Crippen LogP contribution is -2.58. The van der Waals surface area contributed by atoms with Crippen molar-refractivity contribution in [3.05, 3.63) is 0 Å². The second-order valence-corrected chi connectivity index (χ2v) is 8.80. The van der Waals surface area contributed by atoms with Crippen LogP contribution in [0.15, 0.2) is 4.99 Å². The fourth-order valence-corrected chi connectivity index (χ4v) is 3.03. The van der Waals surface area contributed by atoms with Gasteiger partial charge in [-0.05, 0) is 38.5 Å². The topological polar surface area (TPSA) is 273 Å². The molecule has 12 N–H and O–H groups in total. The maximum atomic E-state index is 13.0. The Bertz CT molecular complexity index is 799. The van der Waals surface area contributed by atoms with Gasteiger partial charge in [0, 0.05) is 13.0 Å². The van der Waals surface area contributed by atoms with Crippen LogP contribution >= 0.6 is 0 Å². The smallest absolute Gasteiger partial charge is 0.326 e. The number of aliphatic hydroxyl groups is 1. The van der Waals surface area contributed by atoms with Gasteiger partial charge in [-0.25, -0.2) is 4.79 Å². The van der Waals surface area contributed by atoms with Crippen LogP contribution in [0.25, 0.3) is 0 Å². The summed E-state index contributed by atoms with van der Waals surface area (Å²) < 4.78 is 0. The molecule has 5 atom stereocenters. The average Bonchev–Trinajstić information content (AvgIpc) is 2.76. The van der Waals surface area contributed by atoms with Gasteiger partial charge in [-0.1, -0.05) is 13.8 Å². The van der Waals surface area contributed by atoms with Crippen molar-refractivity contribution < 1.29 is 39.3 Å². The molecule has 0 aromatic rings. The Morgan fingerprint density at radius 1 is 0.833 bits per heavy atom. The fraction of sp³-hybridized carbons (Fsp3) is 0.714. The summed E-state index contributed by atoms with van der Waals surface area (Å²) in [6, 6.07) is -5.12. The SMILES string of the molecule is CC(C)CC(NC(=O)C(CCCN=C(N)N)NC(=O)C(N)C(C)O)C(=O)NC(CCC(=O)O)C(=O)O. The van der Waals surface area contributed by atoms with Gasteiger partial charge in [0.25, 0.3) is 0 Å². The molecule has 3 amide bonds. The van der Waals surface area contributed by atoms with E-state index in [0.717, 1.165) is 0 Å². The molecule has 0 spiro atoms. The fourth-order valence-electron chi connectivity index (χ4n) is 3.03. The Hall–Kier alpha value is -3.46. The second-order valence-electron chi connectivity index (χ2n) is 8.80. The van der Waals surface area contributed by atoms with E-state index in [1.165, 1.54) is 6.92 Å². The number of hydrogen-bond donors (Lipinski definition) is 9. The number of aliphatic carboxylic acids is 2. The van der Waals surface area contributed by atoms with Crippen LogP contribution in [0, 0.1) is 5.92 Å². The van der Waals surface area contributed by atoms with E-state index in [2.05, 4.69) is 20.9 Å². The molecule has 0 aliphatic heterocycles. The Morgan fingerprint density at radius 3 is 1.83 bits per heavy atom. The van der Waals surface area contributed by atoms with E-state index in [0.29, 0.717) is 0 Å². The molecule has 0 aliphatic carbocycles. The highest BCUT2D eigenvalue weighted by Gasteiger charge is 2.31. The van der Waals surface area contributed by atoms with Gasteiger partial charge in [0.05, 0.1) is 6.10 Å². The van der Waals surface area contributed by atoms with Crippen LogP contribution in [0.5, 0.6) is 0 Å². The van der Waals surface area contributed by atoms with E-state index < -0.39 is 66.4 Å². The minimum Gasteiger partial charge on any atom is -0.481 e. The molecule has 36 heavy (non-hydrogen) atoms. The number of nitrogens with one attached hydrogen (secondary N) is 3. The van der Waals surface area contributed by atoms with Crippen molar-refractivity contribution in [2.75, 3.05) is 6.54 Å². The highest BCUT2D eigenvalue weighted by molar-refractivity contribution is 5.94. The first kappa shape index (κ1) is 32.5. The molecule has 0 bridgehead atoms. The van der Waals surface area contributed by atoms with Crippen molar-refractivity contribution in [3.8, 4) is 0 Å². The van der Waals surface area contributed by atoms with Crippen LogP contribution in [-0.2, 0) is 24.0 Å². The van der Waals surface area contributed by atoms with Crippen LogP contribution in [0.4, 0.5) is 0 Å². The number of amides is 3. The lowest BCUT2D eigenvalue weighted by molar-refractivity contribution is -0.143. The monoisotopic (exact) mass is 517 g/mol. The Balaban J connectivity index is 5.61. The van der Waals surface area contributed by atoms with Crippen LogP contribution in [0.3, 0.4) is 0 Å². The molecule has 206 valence electrons. The summed E-state index contributed by atoms with van der Waals surface area (Å²) in [4.78, 5) is 64.3. The number of nitrogens with zero attached hydrogens (tertiary/aromatic N) is 1. The van der Waals surface area contributed by atoms with Crippen molar-refractivity contribution in [1.82, 2.24) is 16.0 Å². The van der Waals surface area contributed by atoms with E-state index in [1.54, 1.807) is 13.8 Å². The van der Waals surface area contributed by atoms with E-state index >= 15 is 0 Å². The van der Waals surface area contributed by atoms with Crippen molar-refractivity contribution in [2.24, 2.45) is 28.1 Å². The number of nitrogens with two attached hydrogens (primary N) is 3. The molecule has 15 heteroatoms. The predicted molar refractivity (Wildman–Crippen MR) is 129 cm³/mol. The maximum absolute atomic E-state index is 13.0. The number of carboxylic acid groups (broad SMARTS) is 2. The molecule has 0 saturated heterocycles. The van der Waals surface area contributed by atoms with Crippen LogP contribution in [0.2, 0.25) is 0 Å². The lowest BCUT2D eigenvalue weighted by atomic mass is 10.0. The number of carbonyl (C=O) groups is 5. The summed E-state index contributed by atoms with van der Waals surface area (Å²) in [5.41, 5.74) is 16.2. The van der Waals surface area contributed by atoms with Gasteiger partial charge in [-0.2, -0.15) is 0 Å². The average molecular weight is 518 g/mol. The van der Waals surface area contributed by atoms with E-state index in [9.17, 15) is 34.2 Å². The molecule has 0 rings (SSSR count). The first-order chi connectivity index (χ1) is 16.6. The zero-order valence-electron chi connectivity index (χ0n) is 20.8. The van der Waals surface area contributed by atoms with Gasteiger partial charge in [-0.3, -0.25) is 24.2 Å². The third kappa shape index (κ3) is 13.4. The van der Waals surface area contributed by atoms with Crippen LogP contribution < -0.4 is 33.2 Å². The van der Waals surface area contributed by atoms with Crippen molar-refractivity contribution >= 4 is 35.6 Å². The zero-order chi connectivity index (χ0) is 28.0. The first-order valence-corrected chi connectivity index (χ1v) is 11.5. The molecular weight excluding hydrogens is 478 g/mol. The zero-order valence-corrected chi connectivity index (χ0v) is 20.8. The van der Waals surface area contributed by atoms with Crippen LogP contribution in [0.1, 0.15) is 52.9 Å². The highest BCUT2D eigenvalue weighted by Crippen LogP contribution is 2.09. The number of carboxylic acids is 2. The summed E-state index contributed by atoms with van der Waals surface area (Å²) in [5.74, 6) is -5.25. The molecule has 5 unspecified atom stereocenters. The third-order valence-electron chi connectivity index (χ3n) is 5.00. The van der Waals surface area contributed by atoms with E-state index in [4.69, 9.17) is 22.3 Å². The normalized spacial score (nSPS) is 15.1. The molecule has 0 radical (unpaired) electrons. The number of hydrogen-bond acceptors (Lipinski definition) is 8. The van der Waals surface area contributed by atoms with Crippen LogP contribution in [-0.4, -0.2) is 87.8 Å². The van der Waals surface area contributed by atoms with Crippen molar-refractivity contribution in [1.29, 1.82) is 0 Å². The number of carbonyl (C=O) groups excluding carboxylic acids is 3. The molecule has 0 saturated carbocycles. The highest BCUT2D eigenvalue weighted by atomic mass is 16.4. The molecule has 0 aliphatic rings. The van der Waals surface area contributed by atoms with Gasteiger partial charge in [0.15, 0.2) is 5.96 Å².